The lowest BCUT2D eigenvalue weighted by Crippen LogP contribution is -2.37. The van der Waals surface area contributed by atoms with E-state index in [4.69, 9.17) is 9.47 Å². The molecule has 1 aliphatic rings. The molecule has 1 aromatic carbocycles. The van der Waals surface area contributed by atoms with E-state index in [2.05, 4.69) is 18.3 Å². The number of nitrogens with one attached hydrogen (secondary N) is 1. The highest BCUT2D eigenvalue weighted by Crippen LogP contribution is 2.16. The van der Waals surface area contributed by atoms with Crippen LogP contribution in [0.25, 0.3) is 0 Å². The second kappa shape index (κ2) is 7.07. The minimum atomic E-state index is 0.149. The minimum absolute atomic E-state index is 0.149. The summed E-state index contributed by atoms with van der Waals surface area (Å²) in [5, 5.41) is 3.40. The average molecular weight is 247 g/mol. The molecule has 0 amide bonds. The van der Waals surface area contributed by atoms with Crippen molar-refractivity contribution in [3.05, 3.63) is 42.2 Å². The predicted molar refractivity (Wildman–Crippen MR) is 72.7 cm³/mol. The summed E-state index contributed by atoms with van der Waals surface area (Å²) in [4.78, 5) is 0. The van der Waals surface area contributed by atoms with E-state index in [1.54, 1.807) is 0 Å². The van der Waals surface area contributed by atoms with Crippen molar-refractivity contribution in [2.45, 2.75) is 25.8 Å². The van der Waals surface area contributed by atoms with E-state index in [0.29, 0.717) is 6.61 Å². The van der Waals surface area contributed by atoms with Gasteiger partial charge < -0.3 is 14.8 Å². The van der Waals surface area contributed by atoms with E-state index in [1.807, 2.05) is 30.3 Å². The Morgan fingerprint density at radius 3 is 2.83 bits per heavy atom. The van der Waals surface area contributed by atoms with Crippen molar-refractivity contribution < 1.29 is 9.47 Å². The monoisotopic (exact) mass is 247 g/mol. The van der Waals surface area contributed by atoms with Crippen molar-refractivity contribution in [3.63, 3.8) is 0 Å². The van der Waals surface area contributed by atoms with E-state index in [-0.39, 0.29) is 6.04 Å². The molecule has 3 heteroatoms. The van der Waals surface area contributed by atoms with Gasteiger partial charge in [0.05, 0.1) is 12.6 Å². The summed E-state index contributed by atoms with van der Waals surface area (Å²) in [6, 6.07) is 10.0. The van der Waals surface area contributed by atoms with Gasteiger partial charge >= 0.3 is 0 Å². The van der Waals surface area contributed by atoms with Gasteiger partial charge in [-0.15, -0.1) is 0 Å². The van der Waals surface area contributed by atoms with Crippen LogP contribution in [-0.2, 0) is 4.74 Å². The Labute approximate surface area is 109 Å². The molecule has 0 bridgehead atoms. The van der Waals surface area contributed by atoms with Gasteiger partial charge in [0, 0.05) is 0 Å². The molecule has 0 saturated heterocycles. The zero-order valence-electron chi connectivity index (χ0n) is 10.9. The summed E-state index contributed by atoms with van der Waals surface area (Å²) in [5.74, 6) is 1.93. The number of hydrogen-bond donors (Lipinski definition) is 1. The molecular weight excluding hydrogens is 226 g/mol. The summed E-state index contributed by atoms with van der Waals surface area (Å²) >= 11 is 0. The molecule has 1 aliphatic heterocycles. The molecule has 1 unspecified atom stereocenters. The highest BCUT2D eigenvalue weighted by molar-refractivity contribution is 5.21. The lowest BCUT2D eigenvalue weighted by atomic mass is 10.1. The normalized spacial score (nSPS) is 16.6. The highest BCUT2D eigenvalue weighted by Gasteiger charge is 2.17. The van der Waals surface area contributed by atoms with Gasteiger partial charge in [0.1, 0.15) is 18.1 Å². The lowest BCUT2D eigenvalue weighted by Gasteiger charge is -2.24. The van der Waals surface area contributed by atoms with Gasteiger partial charge in [-0.2, -0.15) is 0 Å². The van der Waals surface area contributed by atoms with E-state index >= 15 is 0 Å². The Bertz CT molecular complexity index is 375. The van der Waals surface area contributed by atoms with E-state index in [0.717, 1.165) is 37.5 Å². The fourth-order valence-corrected chi connectivity index (χ4v) is 2.00. The van der Waals surface area contributed by atoms with Crippen molar-refractivity contribution in [2.24, 2.45) is 0 Å². The molecule has 0 saturated carbocycles. The van der Waals surface area contributed by atoms with Crippen LogP contribution in [0.3, 0.4) is 0 Å². The Balaban J connectivity index is 1.91. The molecule has 0 spiro atoms. The number of hydrogen-bond acceptors (Lipinski definition) is 3. The SMILES string of the molecule is CCNC(COc1ccccc1)C1=CCCCO1. The maximum atomic E-state index is 5.79. The van der Waals surface area contributed by atoms with E-state index in [9.17, 15) is 0 Å². The molecule has 0 aromatic heterocycles. The molecule has 0 aliphatic carbocycles. The summed E-state index contributed by atoms with van der Waals surface area (Å²) in [6.45, 7) is 4.42. The molecule has 98 valence electrons. The fourth-order valence-electron chi connectivity index (χ4n) is 2.00. The Morgan fingerprint density at radius 1 is 1.33 bits per heavy atom. The standard InChI is InChI=1S/C15H21NO2/c1-2-16-14(15-10-6-7-11-17-15)12-18-13-8-4-3-5-9-13/h3-5,8-10,14,16H,2,6-7,11-12H2,1H3. The summed E-state index contributed by atoms with van der Waals surface area (Å²) < 4.78 is 11.5. The van der Waals surface area contributed by atoms with E-state index < -0.39 is 0 Å². The number of likely N-dealkylation sites (N-methyl/N-ethyl adjacent to an activating group) is 1. The van der Waals surface area contributed by atoms with E-state index in [1.165, 1.54) is 0 Å². The van der Waals surface area contributed by atoms with Gasteiger partial charge in [0.2, 0.25) is 0 Å². The van der Waals surface area contributed by atoms with Gasteiger partial charge in [-0.05, 0) is 37.6 Å². The van der Waals surface area contributed by atoms with Crippen molar-refractivity contribution >= 4 is 0 Å². The number of para-hydroxylation sites is 1. The first kappa shape index (κ1) is 13.0. The third-order valence-electron chi connectivity index (χ3n) is 2.92. The van der Waals surface area contributed by atoms with Crippen molar-refractivity contribution in [1.82, 2.24) is 5.32 Å². The van der Waals surface area contributed by atoms with Gasteiger partial charge in [0.15, 0.2) is 0 Å². The first-order valence-electron chi connectivity index (χ1n) is 6.64. The smallest absolute Gasteiger partial charge is 0.119 e. The van der Waals surface area contributed by atoms with Gasteiger partial charge in [-0.3, -0.25) is 0 Å². The average Bonchev–Trinajstić information content (AvgIpc) is 2.45. The van der Waals surface area contributed by atoms with Crippen LogP contribution >= 0.6 is 0 Å². The quantitative estimate of drug-likeness (QED) is 0.838. The van der Waals surface area contributed by atoms with Crippen LogP contribution in [0.1, 0.15) is 19.8 Å². The second-order valence-electron chi connectivity index (χ2n) is 4.33. The predicted octanol–water partition coefficient (Wildman–Crippen LogP) is 2.74. The first-order valence-corrected chi connectivity index (χ1v) is 6.64. The summed E-state index contributed by atoms with van der Waals surface area (Å²) in [6.07, 6.45) is 4.38. The fraction of sp³-hybridized carbons (Fsp3) is 0.467. The van der Waals surface area contributed by atoms with Crippen LogP contribution in [0.5, 0.6) is 5.75 Å². The van der Waals surface area contributed by atoms with Crippen molar-refractivity contribution in [2.75, 3.05) is 19.8 Å². The van der Waals surface area contributed by atoms with Crippen LogP contribution in [0.4, 0.5) is 0 Å². The Morgan fingerprint density at radius 2 is 2.17 bits per heavy atom. The molecule has 18 heavy (non-hydrogen) atoms. The topological polar surface area (TPSA) is 30.5 Å². The molecule has 1 heterocycles. The van der Waals surface area contributed by atoms with Gasteiger partial charge in [-0.1, -0.05) is 25.1 Å². The first-order chi connectivity index (χ1) is 8.90. The van der Waals surface area contributed by atoms with Crippen molar-refractivity contribution in [3.8, 4) is 5.75 Å². The maximum absolute atomic E-state index is 5.79. The molecule has 1 aromatic rings. The highest BCUT2D eigenvalue weighted by atomic mass is 16.5. The molecule has 0 fully saturated rings. The summed E-state index contributed by atoms with van der Waals surface area (Å²) in [5.41, 5.74) is 0. The molecule has 3 nitrogen and oxygen atoms in total. The third-order valence-corrected chi connectivity index (χ3v) is 2.92. The van der Waals surface area contributed by atoms with Gasteiger partial charge in [0.25, 0.3) is 0 Å². The minimum Gasteiger partial charge on any atom is -0.496 e. The molecule has 0 radical (unpaired) electrons. The number of ether oxygens (including phenoxy) is 2. The number of allylic oxidation sites excluding steroid dienone is 1. The van der Waals surface area contributed by atoms with Gasteiger partial charge in [-0.25, -0.2) is 0 Å². The summed E-state index contributed by atoms with van der Waals surface area (Å²) in [7, 11) is 0. The number of rotatable bonds is 6. The van der Waals surface area contributed by atoms with Crippen LogP contribution in [0.15, 0.2) is 42.2 Å². The Kier molecular flexibility index (Phi) is 5.09. The Hall–Kier alpha value is -1.48. The lowest BCUT2D eigenvalue weighted by molar-refractivity contribution is 0.147. The van der Waals surface area contributed by atoms with Crippen LogP contribution < -0.4 is 10.1 Å². The van der Waals surface area contributed by atoms with Crippen molar-refractivity contribution in [1.29, 1.82) is 0 Å². The van der Waals surface area contributed by atoms with Crippen LogP contribution in [-0.4, -0.2) is 25.8 Å². The maximum Gasteiger partial charge on any atom is 0.119 e. The van der Waals surface area contributed by atoms with Crippen LogP contribution in [0.2, 0.25) is 0 Å². The zero-order valence-corrected chi connectivity index (χ0v) is 10.9. The molecular formula is C15H21NO2. The number of benzene rings is 1. The molecule has 1 N–H and O–H groups in total. The molecule has 1 atom stereocenters. The second-order valence-corrected chi connectivity index (χ2v) is 4.33. The van der Waals surface area contributed by atoms with Crippen LogP contribution in [0, 0.1) is 0 Å². The molecule has 2 rings (SSSR count). The zero-order chi connectivity index (χ0) is 12.6. The third kappa shape index (κ3) is 3.77. The largest absolute Gasteiger partial charge is 0.496 e.